The summed E-state index contributed by atoms with van der Waals surface area (Å²) in [6.45, 7) is 0.229. The van der Waals surface area contributed by atoms with Gasteiger partial charge in [-0.05, 0) is 31.0 Å². The molecule has 1 aromatic rings. The molecule has 0 spiro atoms. The predicted octanol–water partition coefficient (Wildman–Crippen LogP) is 0.956. The number of benzene rings is 1. The average molecular weight is 284 g/mol. The van der Waals surface area contributed by atoms with Gasteiger partial charge in [0.2, 0.25) is 0 Å². The maximum absolute atomic E-state index is 11.7. The monoisotopic (exact) mass is 284 g/mol. The van der Waals surface area contributed by atoms with Gasteiger partial charge in [0.15, 0.2) is 9.84 Å². The second kappa shape index (κ2) is 5.08. The Hall–Kier alpha value is -1.76. The molecule has 1 saturated heterocycles. The molecule has 1 unspecified atom stereocenters. The Bertz CT molecular complexity index is 598. The molecule has 1 aliphatic heterocycles. The first-order valence-electron chi connectivity index (χ1n) is 5.98. The lowest BCUT2D eigenvalue weighted by Gasteiger charge is -2.14. The van der Waals surface area contributed by atoms with Crippen LogP contribution in [0.3, 0.4) is 0 Å². The van der Waals surface area contributed by atoms with Crippen LogP contribution in [0.1, 0.15) is 23.2 Å². The molecular weight excluding hydrogens is 268 g/mol. The van der Waals surface area contributed by atoms with Gasteiger partial charge < -0.3 is 16.2 Å². The number of carboxylic acids is 1. The van der Waals surface area contributed by atoms with Gasteiger partial charge in [-0.2, -0.15) is 0 Å². The lowest BCUT2D eigenvalue weighted by molar-refractivity contribution is 0.0698. The van der Waals surface area contributed by atoms with Gasteiger partial charge in [0.1, 0.15) is 0 Å². The van der Waals surface area contributed by atoms with Crippen molar-refractivity contribution in [3.63, 3.8) is 0 Å². The topological polar surface area (TPSA) is 109 Å². The van der Waals surface area contributed by atoms with Crippen LogP contribution in [0.15, 0.2) is 18.2 Å². The van der Waals surface area contributed by atoms with E-state index in [1.54, 1.807) is 12.1 Å². The first-order chi connectivity index (χ1) is 8.90. The lowest BCUT2D eigenvalue weighted by Crippen LogP contribution is -2.25. The third-order valence-electron chi connectivity index (χ3n) is 3.26. The first kappa shape index (κ1) is 13.7. The third kappa shape index (κ3) is 2.98. The zero-order valence-corrected chi connectivity index (χ0v) is 11.1. The molecule has 0 aromatic heterocycles. The molecule has 1 heterocycles. The normalized spacial score (nSPS) is 21.2. The van der Waals surface area contributed by atoms with Crippen molar-refractivity contribution in [1.82, 2.24) is 0 Å². The number of nitrogens with two attached hydrogens (primary N) is 1. The molecule has 0 radical (unpaired) electrons. The van der Waals surface area contributed by atoms with E-state index in [-0.39, 0.29) is 17.9 Å². The first-order valence-corrected chi connectivity index (χ1v) is 7.70. The van der Waals surface area contributed by atoms with E-state index >= 15 is 0 Å². The van der Waals surface area contributed by atoms with Crippen LogP contribution in [-0.2, 0) is 9.84 Å². The smallest absolute Gasteiger partial charge is 0.337 e. The van der Waals surface area contributed by atoms with Gasteiger partial charge in [0, 0.05) is 17.9 Å². The van der Waals surface area contributed by atoms with Crippen molar-refractivity contribution < 1.29 is 18.3 Å². The maximum Gasteiger partial charge on any atom is 0.337 e. The fraction of sp³-hybridized carbons (Fsp3) is 0.417. The number of nitrogen functional groups attached to an aromatic ring is 1. The summed E-state index contributed by atoms with van der Waals surface area (Å²) in [4.78, 5) is 11.1. The Morgan fingerprint density at radius 1 is 1.47 bits per heavy atom. The van der Waals surface area contributed by atoms with Crippen LogP contribution >= 0.6 is 0 Å². The summed E-state index contributed by atoms with van der Waals surface area (Å²) in [7, 11) is -3.03. The number of hydrogen-bond acceptors (Lipinski definition) is 5. The maximum atomic E-state index is 11.7. The van der Waals surface area contributed by atoms with Gasteiger partial charge >= 0.3 is 5.97 Å². The van der Waals surface area contributed by atoms with Crippen LogP contribution in [0.5, 0.6) is 0 Å². The number of carbonyl (C=O) groups is 1. The second-order valence-corrected chi connectivity index (χ2v) is 7.02. The van der Waals surface area contributed by atoms with Crippen LogP contribution in [0, 0.1) is 0 Å². The minimum absolute atomic E-state index is 0.0513. The number of sulfone groups is 1. The van der Waals surface area contributed by atoms with Crippen molar-refractivity contribution in [2.24, 2.45) is 0 Å². The van der Waals surface area contributed by atoms with Crippen molar-refractivity contribution in [2.45, 2.75) is 18.1 Å². The summed E-state index contributed by atoms with van der Waals surface area (Å²) in [5, 5.41) is 11.5. The highest BCUT2D eigenvalue weighted by Crippen LogP contribution is 2.23. The van der Waals surface area contributed by atoms with E-state index in [9.17, 15) is 13.2 Å². The van der Waals surface area contributed by atoms with Crippen LogP contribution in [0.2, 0.25) is 0 Å². The molecule has 1 aromatic carbocycles. The Balaban J connectivity index is 2.14. The molecule has 2 rings (SSSR count). The number of carboxylic acid groups (broad SMARTS) is 1. The Labute approximate surface area is 111 Å². The molecule has 0 aliphatic carbocycles. The molecule has 4 N–H and O–H groups in total. The van der Waals surface area contributed by atoms with Gasteiger partial charge in [-0.1, -0.05) is 0 Å². The quantitative estimate of drug-likeness (QED) is 0.710. The van der Waals surface area contributed by atoms with E-state index in [0.29, 0.717) is 24.2 Å². The Kier molecular flexibility index (Phi) is 3.66. The average Bonchev–Trinajstić information content (AvgIpc) is 2.66. The largest absolute Gasteiger partial charge is 0.478 e. The third-order valence-corrected chi connectivity index (χ3v) is 5.53. The predicted molar refractivity (Wildman–Crippen MR) is 73.1 cm³/mol. The van der Waals surface area contributed by atoms with Crippen LogP contribution < -0.4 is 11.1 Å². The minimum Gasteiger partial charge on any atom is -0.478 e. The van der Waals surface area contributed by atoms with E-state index in [0.717, 1.165) is 0 Å². The number of nitrogens with one attached hydrogen (secondary N) is 1. The zero-order valence-electron chi connectivity index (χ0n) is 10.3. The molecule has 1 fully saturated rings. The fourth-order valence-electron chi connectivity index (χ4n) is 2.20. The van der Waals surface area contributed by atoms with Gasteiger partial charge in [-0.3, -0.25) is 0 Å². The van der Waals surface area contributed by atoms with Gasteiger partial charge in [-0.15, -0.1) is 0 Å². The van der Waals surface area contributed by atoms with E-state index in [1.165, 1.54) is 6.07 Å². The lowest BCUT2D eigenvalue weighted by atomic mass is 10.1. The van der Waals surface area contributed by atoms with Crippen molar-refractivity contribution in [3.05, 3.63) is 23.8 Å². The van der Waals surface area contributed by atoms with E-state index in [1.807, 2.05) is 0 Å². The summed E-state index contributed by atoms with van der Waals surface area (Å²) >= 11 is 0. The SMILES string of the molecule is Nc1ccc(NCC2CCCS2(=O)=O)c(C(=O)O)c1. The zero-order chi connectivity index (χ0) is 14.0. The summed E-state index contributed by atoms with van der Waals surface area (Å²) in [6.07, 6.45) is 1.29. The summed E-state index contributed by atoms with van der Waals surface area (Å²) in [6, 6.07) is 4.49. The number of anilines is 2. The highest BCUT2D eigenvalue weighted by molar-refractivity contribution is 7.92. The van der Waals surface area contributed by atoms with Crippen molar-refractivity contribution >= 4 is 27.2 Å². The number of hydrogen-bond donors (Lipinski definition) is 3. The van der Waals surface area contributed by atoms with Gasteiger partial charge in [0.25, 0.3) is 0 Å². The van der Waals surface area contributed by atoms with E-state index < -0.39 is 21.1 Å². The van der Waals surface area contributed by atoms with Crippen molar-refractivity contribution in [1.29, 1.82) is 0 Å². The molecule has 0 amide bonds. The molecule has 1 atom stereocenters. The highest BCUT2D eigenvalue weighted by atomic mass is 32.2. The molecule has 6 nitrogen and oxygen atoms in total. The standard InChI is InChI=1S/C12H16N2O4S/c13-8-3-4-11(10(6-8)12(15)16)14-7-9-2-1-5-19(9,17)18/h3-4,6,9,14H,1-2,5,7,13H2,(H,15,16). The summed E-state index contributed by atoms with van der Waals surface area (Å²) < 4.78 is 23.4. The van der Waals surface area contributed by atoms with Crippen LogP contribution in [-0.4, -0.2) is 37.0 Å². The van der Waals surface area contributed by atoms with E-state index in [4.69, 9.17) is 10.8 Å². The summed E-state index contributed by atoms with van der Waals surface area (Å²) in [5.41, 5.74) is 6.34. The fourth-order valence-corrected chi connectivity index (χ4v) is 3.97. The molecule has 1 aliphatic rings. The van der Waals surface area contributed by atoms with Crippen LogP contribution in [0.4, 0.5) is 11.4 Å². The number of aromatic carboxylic acids is 1. The Morgan fingerprint density at radius 3 is 2.79 bits per heavy atom. The summed E-state index contributed by atoms with van der Waals surface area (Å²) in [5.74, 6) is -0.878. The molecule has 7 heteroatoms. The molecule has 104 valence electrons. The second-order valence-electron chi connectivity index (χ2n) is 4.62. The number of rotatable bonds is 4. The van der Waals surface area contributed by atoms with Crippen molar-refractivity contribution in [3.8, 4) is 0 Å². The molecular formula is C12H16N2O4S. The van der Waals surface area contributed by atoms with Gasteiger partial charge in [-0.25, -0.2) is 13.2 Å². The molecule has 0 saturated carbocycles. The Morgan fingerprint density at radius 2 is 2.21 bits per heavy atom. The molecule has 0 bridgehead atoms. The van der Waals surface area contributed by atoms with Crippen LogP contribution in [0.25, 0.3) is 0 Å². The van der Waals surface area contributed by atoms with Crippen molar-refractivity contribution in [2.75, 3.05) is 23.3 Å². The van der Waals surface area contributed by atoms with Gasteiger partial charge in [0.05, 0.1) is 16.6 Å². The minimum atomic E-state index is -3.03. The molecule has 19 heavy (non-hydrogen) atoms. The van der Waals surface area contributed by atoms with E-state index in [2.05, 4.69) is 5.32 Å². The highest BCUT2D eigenvalue weighted by Gasteiger charge is 2.31.